The average molecular weight is 233 g/mol. The summed E-state index contributed by atoms with van der Waals surface area (Å²) in [5.74, 6) is 0.0434. The summed E-state index contributed by atoms with van der Waals surface area (Å²) in [5.41, 5.74) is 0.590. The lowest BCUT2D eigenvalue weighted by Crippen LogP contribution is -2.14. The third kappa shape index (κ3) is 2.72. The molecule has 0 amide bonds. The quantitative estimate of drug-likeness (QED) is 0.759. The second-order valence-corrected chi connectivity index (χ2v) is 3.67. The molecular formula is C13H12FNO2. The maximum Gasteiger partial charge on any atom is 0.216 e. The van der Waals surface area contributed by atoms with Crippen molar-refractivity contribution in [3.05, 3.63) is 54.1 Å². The standard InChI is InChI=1S/C13H12FNO2/c1-15-8-2-3-12(15)13(16)9-17-11-6-4-10(14)5-7-11/h2-8H,9H2,1H3. The fourth-order valence-corrected chi connectivity index (χ4v) is 1.50. The van der Waals surface area contributed by atoms with Gasteiger partial charge in [0.25, 0.3) is 0 Å². The Morgan fingerprint density at radius 2 is 2.00 bits per heavy atom. The summed E-state index contributed by atoms with van der Waals surface area (Å²) in [4.78, 5) is 11.7. The number of ether oxygens (including phenoxy) is 1. The van der Waals surface area contributed by atoms with Crippen LogP contribution < -0.4 is 4.74 Å². The normalized spacial score (nSPS) is 10.2. The molecule has 1 aromatic heterocycles. The summed E-state index contributed by atoms with van der Waals surface area (Å²) in [5, 5.41) is 0. The maximum absolute atomic E-state index is 12.6. The van der Waals surface area contributed by atoms with Crippen LogP contribution in [0.25, 0.3) is 0 Å². The zero-order valence-electron chi connectivity index (χ0n) is 9.39. The van der Waals surface area contributed by atoms with Crippen molar-refractivity contribution in [2.75, 3.05) is 6.61 Å². The summed E-state index contributed by atoms with van der Waals surface area (Å²) in [7, 11) is 1.80. The van der Waals surface area contributed by atoms with E-state index in [1.807, 2.05) is 0 Å². The van der Waals surface area contributed by atoms with Gasteiger partial charge in [-0.3, -0.25) is 4.79 Å². The molecule has 0 unspecified atom stereocenters. The van der Waals surface area contributed by atoms with E-state index < -0.39 is 0 Å². The number of carbonyl (C=O) groups excluding carboxylic acids is 1. The van der Waals surface area contributed by atoms with Crippen LogP contribution in [0.3, 0.4) is 0 Å². The van der Waals surface area contributed by atoms with Gasteiger partial charge < -0.3 is 9.30 Å². The van der Waals surface area contributed by atoms with Crippen LogP contribution in [0, 0.1) is 5.82 Å². The molecule has 2 aromatic rings. The highest BCUT2D eigenvalue weighted by atomic mass is 19.1. The first kappa shape index (κ1) is 11.4. The molecule has 4 heteroatoms. The summed E-state index contributed by atoms with van der Waals surface area (Å²) < 4.78 is 19.6. The number of carbonyl (C=O) groups is 1. The number of hydrogen-bond acceptors (Lipinski definition) is 2. The third-order valence-electron chi connectivity index (χ3n) is 2.41. The molecule has 0 radical (unpaired) electrons. The molecular weight excluding hydrogens is 221 g/mol. The van der Waals surface area contributed by atoms with Gasteiger partial charge in [0.15, 0.2) is 6.61 Å². The number of aromatic nitrogens is 1. The van der Waals surface area contributed by atoms with Gasteiger partial charge in [0.2, 0.25) is 5.78 Å². The number of hydrogen-bond donors (Lipinski definition) is 0. The van der Waals surface area contributed by atoms with Crippen molar-refractivity contribution in [1.82, 2.24) is 4.57 Å². The zero-order valence-corrected chi connectivity index (χ0v) is 9.39. The SMILES string of the molecule is Cn1cccc1C(=O)COc1ccc(F)cc1. The minimum absolute atomic E-state index is 0.0521. The summed E-state index contributed by atoms with van der Waals surface area (Å²) in [6, 6.07) is 9.10. The Balaban J connectivity index is 1.97. The topological polar surface area (TPSA) is 31.2 Å². The van der Waals surface area contributed by atoms with Crippen molar-refractivity contribution in [2.45, 2.75) is 0 Å². The first-order valence-electron chi connectivity index (χ1n) is 5.20. The van der Waals surface area contributed by atoms with Crippen LogP contribution >= 0.6 is 0 Å². The van der Waals surface area contributed by atoms with Crippen LogP contribution in [0.5, 0.6) is 5.75 Å². The maximum atomic E-state index is 12.6. The zero-order chi connectivity index (χ0) is 12.3. The fraction of sp³-hybridized carbons (Fsp3) is 0.154. The Morgan fingerprint density at radius 3 is 2.59 bits per heavy atom. The van der Waals surface area contributed by atoms with E-state index in [2.05, 4.69) is 0 Å². The minimum Gasteiger partial charge on any atom is -0.485 e. The predicted octanol–water partition coefficient (Wildman–Crippen LogP) is 2.43. The molecule has 88 valence electrons. The number of aryl methyl sites for hydroxylation is 1. The van der Waals surface area contributed by atoms with Gasteiger partial charge in [0.05, 0.1) is 5.69 Å². The number of benzene rings is 1. The first-order chi connectivity index (χ1) is 8.16. The van der Waals surface area contributed by atoms with E-state index in [1.165, 1.54) is 24.3 Å². The van der Waals surface area contributed by atoms with Crippen molar-refractivity contribution in [3.8, 4) is 5.75 Å². The molecule has 0 aliphatic rings. The van der Waals surface area contributed by atoms with Gasteiger partial charge in [-0.05, 0) is 36.4 Å². The smallest absolute Gasteiger partial charge is 0.216 e. The van der Waals surface area contributed by atoms with Crippen molar-refractivity contribution >= 4 is 5.78 Å². The number of halogens is 1. The lowest BCUT2D eigenvalue weighted by molar-refractivity contribution is 0.0913. The Bertz CT molecular complexity index is 516. The van der Waals surface area contributed by atoms with Crippen molar-refractivity contribution in [2.24, 2.45) is 7.05 Å². The molecule has 0 atom stereocenters. The van der Waals surface area contributed by atoms with E-state index in [4.69, 9.17) is 4.74 Å². The van der Waals surface area contributed by atoms with Crippen LogP contribution in [0.2, 0.25) is 0 Å². The van der Waals surface area contributed by atoms with Crippen molar-refractivity contribution in [3.63, 3.8) is 0 Å². The minimum atomic E-state index is -0.328. The Kier molecular flexibility index (Phi) is 3.23. The van der Waals surface area contributed by atoms with Gasteiger partial charge in [-0.2, -0.15) is 0 Å². The van der Waals surface area contributed by atoms with Crippen LogP contribution in [0.15, 0.2) is 42.6 Å². The van der Waals surface area contributed by atoms with E-state index >= 15 is 0 Å². The molecule has 0 spiro atoms. The summed E-state index contributed by atoms with van der Waals surface area (Å²) in [6.45, 7) is -0.0521. The van der Waals surface area contributed by atoms with Gasteiger partial charge in [-0.25, -0.2) is 4.39 Å². The largest absolute Gasteiger partial charge is 0.485 e. The number of ketones is 1. The predicted molar refractivity (Wildman–Crippen MR) is 61.6 cm³/mol. The number of nitrogens with zero attached hydrogens (tertiary/aromatic N) is 1. The highest BCUT2D eigenvalue weighted by Crippen LogP contribution is 2.11. The van der Waals surface area contributed by atoms with E-state index in [-0.39, 0.29) is 18.2 Å². The lowest BCUT2D eigenvalue weighted by atomic mass is 10.3. The molecule has 0 aliphatic heterocycles. The highest BCUT2D eigenvalue weighted by Gasteiger charge is 2.09. The monoisotopic (exact) mass is 233 g/mol. The number of rotatable bonds is 4. The third-order valence-corrected chi connectivity index (χ3v) is 2.41. The number of Topliss-reactive ketones (excluding diaryl/α,β-unsaturated/α-hetero) is 1. The van der Waals surface area contributed by atoms with Gasteiger partial charge in [0.1, 0.15) is 11.6 Å². The summed E-state index contributed by atoms with van der Waals surface area (Å²) in [6.07, 6.45) is 1.80. The molecule has 0 saturated carbocycles. The second-order valence-electron chi connectivity index (χ2n) is 3.67. The van der Waals surface area contributed by atoms with E-state index in [1.54, 1.807) is 29.9 Å². The van der Waals surface area contributed by atoms with Gasteiger partial charge in [-0.1, -0.05) is 0 Å². The van der Waals surface area contributed by atoms with Crippen LogP contribution in [0.4, 0.5) is 4.39 Å². The molecule has 3 nitrogen and oxygen atoms in total. The van der Waals surface area contributed by atoms with Gasteiger partial charge in [0, 0.05) is 13.2 Å². The summed E-state index contributed by atoms with van der Waals surface area (Å²) >= 11 is 0. The molecule has 17 heavy (non-hydrogen) atoms. The fourth-order valence-electron chi connectivity index (χ4n) is 1.50. The second kappa shape index (κ2) is 4.82. The van der Waals surface area contributed by atoms with Crippen LogP contribution in [-0.2, 0) is 7.05 Å². The lowest BCUT2D eigenvalue weighted by Gasteiger charge is -2.06. The first-order valence-corrected chi connectivity index (χ1v) is 5.20. The van der Waals surface area contributed by atoms with Gasteiger partial charge >= 0.3 is 0 Å². The Morgan fingerprint density at radius 1 is 1.29 bits per heavy atom. The van der Waals surface area contributed by atoms with Crippen molar-refractivity contribution in [1.29, 1.82) is 0 Å². The van der Waals surface area contributed by atoms with E-state index in [0.717, 1.165) is 0 Å². The Hall–Kier alpha value is -2.10. The Labute approximate surface area is 98.4 Å². The molecule has 2 rings (SSSR count). The molecule has 0 bridgehead atoms. The molecule has 1 heterocycles. The van der Waals surface area contributed by atoms with E-state index in [0.29, 0.717) is 11.4 Å². The molecule has 0 saturated heterocycles. The molecule has 1 aromatic carbocycles. The highest BCUT2D eigenvalue weighted by molar-refractivity contribution is 5.95. The molecule has 0 aliphatic carbocycles. The van der Waals surface area contributed by atoms with Crippen molar-refractivity contribution < 1.29 is 13.9 Å². The van der Waals surface area contributed by atoms with Crippen LogP contribution in [0.1, 0.15) is 10.5 Å². The average Bonchev–Trinajstić information content (AvgIpc) is 2.74. The van der Waals surface area contributed by atoms with Gasteiger partial charge in [-0.15, -0.1) is 0 Å². The van der Waals surface area contributed by atoms with E-state index in [9.17, 15) is 9.18 Å². The molecule has 0 N–H and O–H groups in total. The van der Waals surface area contributed by atoms with Crippen LogP contribution in [-0.4, -0.2) is 17.0 Å². The molecule has 0 fully saturated rings.